The molecule has 1 aliphatic heterocycles. The second kappa shape index (κ2) is 8.20. The fourth-order valence-electron chi connectivity index (χ4n) is 4.37. The number of rotatable bonds is 3. The van der Waals surface area contributed by atoms with Crippen molar-refractivity contribution in [2.45, 2.75) is 12.5 Å². The number of aromatic amines is 1. The average Bonchev–Trinajstić information content (AvgIpc) is 3.16. The summed E-state index contributed by atoms with van der Waals surface area (Å²) in [7, 11) is 1.62. The first-order valence-electron chi connectivity index (χ1n) is 10.3. The maximum atomic E-state index is 13.6. The Hall–Kier alpha value is -3.51. The van der Waals surface area contributed by atoms with Crippen LogP contribution in [0.25, 0.3) is 10.9 Å². The summed E-state index contributed by atoms with van der Waals surface area (Å²) >= 11 is 6.25. The van der Waals surface area contributed by atoms with E-state index in [1.54, 1.807) is 24.1 Å². The standard InChI is InChI=1S/C25H21ClFN3O2/c1-32-19-8-5-15(6-9-19)24-23-20(21-13-16(26)7-10-22(21)29-23)11-12-30(24)25(31)28-18-4-2-3-17(27)14-18/h2-10,13-14,24,29H,11-12H2,1H3,(H,28,31). The summed E-state index contributed by atoms with van der Waals surface area (Å²) in [4.78, 5) is 18.6. The molecular formula is C25H21ClFN3O2. The van der Waals surface area contributed by atoms with Crippen molar-refractivity contribution < 1.29 is 13.9 Å². The molecule has 0 fully saturated rings. The maximum Gasteiger partial charge on any atom is 0.322 e. The van der Waals surface area contributed by atoms with E-state index in [1.165, 1.54) is 12.1 Å². The van der Waals surface area contributed by atoms with E-state index in [-0.39, 0.29) is 12.1 Å². The zero-order valence-electron chi connectivity index (χ0n) is 17.4. The summed E-state index contributed by atoms with van der Waals surface area (Å²) in [5.74, 6) is 0.340. The largest absolute Gasteiger partial charge is 0.497 e. The van der Waals surface area contributed by atoms with Crippen LogP contribution in [0.3, 0.4) is 0 Å². The number of hydrogen-bond donors (Lipinski definition) is 2. The number of methoxy groups -OCH3 is 1. The lowest BCUT2D eigenvalue weighted by Crippen LogP contribution is -2.43. The molecule has 4 aromatic rings. The first-order valence-corrected chi connectivity index (χ1v) is 10.7. The molecule has 2 N–H and O–H groups in total. The van der Waals surface area contributed by atoms with Gasteiger partial charge in [0.25, 0.3) is 0 Å². The fourth-order valence-corrected chi connectivity index (χ4v) is 4.55. The van der Waals surface area contributed by atoms with Crippen LogP contribution in [0.2, 0.25) is 5.02 Å². The number of anilines is 1. The SMILES string of the molecule is COc1ccc(C2c3[nH]c4ccc(Cl)cc4c3CCN2C(=O)Nc2cccc(F)c2)cc1. The monoisotopic (exact) mass is 449 g/mol. The number of nitrogens with one attached hydrogen (secondary N) is 2. The van der Waals surface area contributed by atoms with Gasteiger partial charge in [-0.05, 0) is 66.1 Å². The van der Waals surface area contributed by atoms with Crippen molar-refractivity contribution in [3.8, 4) is 5.75 Å². The second-order valence-corrected chi connectivity index (χ2v) is 8.20. The van der Waals surface area contributed by atoms with Gasteiger partial charge in [0.1, 0.15) is 11.6 Å². The molecule has 1 aromatic heterocycles. The van der Waals surface area contributed by atoms with Gasteiger partial charge in [-0.15, -0.1) is 0 Å². The van der Waals surface area contributed by atoms with Crippen LogP contribution in [0.15, 0.2) is 66.7 Å². The van der Waals surface area contributed by atoms with Gasteiger partial charge in [0.05, 0.1) is 13.2 Å². The Labute approximate surface area is 189 Å². The molecule has 0 radical (unpaired) electrons. The number of urea groups is 1. The second-order valence-electron chi connectivity index (χ2n) is 7.77. The molecule has 0 spiro atoms. The quantitative estimate of drug-likeness (QED) is 0.394. The number of amides is 2. The molecule has 32 heavy (non-hydrogen) atoms. The number of nitrogens with zero attached hydrogens (tertiary/aromatic N) is 1. The molecule has 2 heterocycles. The summed E-state index contributed by atoms with van der Waals surface area (Å²) in [5, 5.41) is 4.57. The van der Waals surface area contributed by atoms with E-state index in [0.29, 0.717) is 23.7 Å². The molecule has 5 nitrogen and oxygen atoms in total. The maximum absolute atomic E-state index is 13.6. The van der Waals surface area contributed by atoms with Crippen molar-refractivity contribution in [3.05, 3.63) is 94.4 Å². The minimum atomic E-state index is -0.400. The van der Waals surface area contributed by atoms with E-state index in [9.17, 15) is 9.18 Å². The fraction of sp³-hybridized carbons (Fsp3) is 0.160. The lowest BCUT2D eigenvalue weighted by atomic mass is 9.92. The molecule has 0 aliphatic carbocycles. The third-order valence-corrected chi connectivity index (χ3v) is 6.09. The molecule has 5 rings (SSSR count). The Kier molecular flexibility index (Phi) is 5.23. The van der Waals surface area contributed by atoms with Crippen molar-refractivity contribution in [2.24, 2.45) is 0 Å². The van der Waals surface area contributed by atoms with Crippen molar-refractivity contribution in [2.75, 3.05) is 19.0 Å². The number of aromatic nitrogens is 1. The molecule has 0 saturated heterocycles. The van der Waals surface area contributed by atoms with Gasteiger partial charge in [-0.3, -0.25) is 0 Å². The zero-order chi connectivity index (χ0) is 22.2. The summed E-state index contributed by atoms with van der Waals surface area (Å²) in [6.45, 7) is 0.504. The van der Waals surface area contributed by atoms with E-state index in [4.69, 9.17) is 16.3 Å². The van der Waals surface area contributed by atoms with E-state index in [2.05, 4.69) is 10.3 Å². The van der Waals surface area contributed by atoms with Crippen LogP contribution in [0.5, 0.6) is 5.75 Å². The van der Waals surface area contributed by atoms with E-state index in [1.807, 2.05) is 42.5 Å². The lowest BCUT2D eigenvalue weighted by Gasteiger charge is -2.36. The highest BCUT2D eigenvalue weighted by Gasteiger charge is 2.34. The first kappa shape index (κ1) is 20.4. The minimum Gasteiger partial charge on any atom is -0.497 e. The number of hydrogen-bond acceptors (Lipinski definition) is 2. The smallest absolute Gasteiger partial charge is 0.322 e. The minimum absolute atomic E-state index is 0.293. The number of carbonyl (C=O) groups excluding carboxylic acids is 1. The Bertz CT molecular complexity index is 1300. The molecule has 162 valence electrons. The highest BCUT2D eigenvalue weighted by atomic mass is 35.5. The van der Waals surface area contributed by atoms with Crippen molar-refractivity contribution in [1.82, 2.24) is 9.88 Å². The molecule has 0 bridgehead atoms. The third-order valence-electron chi connectivity index (χ3n) is 5.86. The van der Waals surface area contributed by atoms with Crippen LogP contribution in [0, 0.1) is 5.82 Å². The number of halogens is 2. The van der Waals surface area contributed by atoms with E-state index in [0.717, 1.165) is 33.5 Å². The van der Waals surface area contributed by atoms with E-state index >= 15 is 0 Å². The van der Waals surface area contributed by atoms with Crippen LogP contribution in [-0.4, -0.2) is 29.6 Å². The molecule has 1 unspecified atom stereocenters. The summed E-state index contributed by atoms with van der Waals surface area (Å²) in [5.41, 5.74) is 4.44. The molecule has 0 saturated carbocycles. The number of H-pyrrole nitrogens is 1. The molecule has 1 aliphatic rings. The zero-order valence-corrected chi connectivity index (χ0v) is 18.1. The van der Waals surface area contributed by atoms with Gasteiger partial charge >= 0.3 is 6.03 Å². The van der Waals surface area contributed by atoms with Crippen molar-refractivity contribution >= 4 is 34.2 Å². The predicted octanol–water partition coefficient (Wildman–Crippen LogP) is 6.15. The molecule has 2 amide bonds. The van der Waals surface area contributed by atoms with Gasteiger partial charge < -0.3 is 19.9 Å². The first-order chi connectivity index (χ1) is 15.5. The van der Waals surface area contributed by atoms with E-state index < -0.39 is 5.82 Å². The van der Waals surface area contributed by atoms with Crippen LogP contribution >= 0.6 is 11.6 Å². The number of fused-ring (bicyclic) bond motifs is 3. The van der Waals surface area contributed by atoms with Crippen LogP contribution in [-0.2, 0) is 6.42 Å². The Morgan fingerprint density at radius 2 is 1.97 bits per heavy atom. The summed E-state index contributed by atoms with van der Waals surface area (Å²) < 4.78 is 18.9. The molecule has 7 heteroatoms. The Balaban J connectivity index is 1.58. The number of carbonyl (C=O) groups is 1. The Morgan fingerprint density at radius 1 is 1.16 bits per heavy atom. The predicted molar refractivity (Wildman–Crippen MR) is 124 cm³/mol. The van der Waals surface area contributed by atoms with Crippen molar-refractivity contribution in [3.63, 3.8) is 0 Å². The van der Waals surface area contributed by atoms with Gasteiger partial charge in [-0.25, -0.2) is 9.18 Å². The van der Waals surface area contributed by atoms with Gasteiger partial charge in [-0.1, -0.05) is 29.8 Å². The van der Waals surface area contributed by atoms with Crippen molar-refractivity contribution in [1.29, 1.82) is 0 Å². The third kappa shape index (κ3) is 3.67. The average molecular weight is 450 g/mol. The summed E-state index contributed by atoms with van der Waals surface area (Å²) in [6.07, 6.45) is 0.679. The van der Waals surface area contributed by atoms with Gasteiger partial charge in [0.2, 0.25) is 0 Å². The number of ether oxygens (including phenoxy) is 1. The van der Waals surface area contributed by atoms with Crippen LogP contribution < -0.4 is 10.1 Å². The molecular weight excluding hydrogens is 429 g/mol. The summed E-state index contributed by atoms with van der Waals surface area (Å²) in [6, 6.07) is 18.7. The van der Waals surface area contributed by atoms with Crippen LogP contribution in [0.4, 0.5) is 14.9 Å². The lowest BCUT2D eigenvalue weighted by molar-refractivity contribution is 0.193. The highest BCUT2D eigenvalue weighted by molar-refractivity contribution is 6.31. The van der Waals surface area contributed by atoms with Gasteiger partial charge in [0.15, 0.2) is 0 Å². The van der Waals surface area contributed by atoms with Gasteiger partial charge in [0, 0.05) is 33.9 Å². The van der Waals surface area contributed by atoms with Gasteiger partial charge in [-0.2, -0.15) is 0 Å². The Morgan fingerprint density at radius 3 is 2.72 bits per heavy atom. The normalized spacial score (nSPS) is 15.5. The molecule has 3 aromatic carbocycles. The molecule has 1 atom stereocenters. The number of benzene rings is 3. The highest BCUT2D eigenvalue weighted by Crippen LogP contribution is 2.39. The van der Waals surface area contributed by atoms with Crippen LogP contribution in [0.1, 0.15) is 22.9 Å². The topological polar surface area (TPSA) is 57.4 Å².